The quantitative estimate of drug-likeness (QED) is 0.236. The minimum atomic E-state index is -0.222. The van der Waals surface area contributed by atoms with Crippen LogP contribution in [0.2, 0.25) is 0 Å². The number of methoxy groups -OCH3 is 1. The summed E-state index contributed by atoms with van der Waals surface area (Å²) in [6.45, 7) is 16.3. The van der Waals surface area contributed by atoms with E-state index < -0.39 is 0 Å². The van der Waals surface area contributed by atoms with Crippen molar-refractivity contribution >= 4 is 17.8 Å². The van der Waals surface area contributed by atoms with Crippen LogP contribution in [0.15, 0.2) is 48.9 Å². The van der Waals surface area contributed by atoms with Gasteiger partial charge < -0.3 is 14.4 Å². The standard InChI is InChI=1S/C41H57N5O4/c1-27-21-32(15-18-36(27)49-8)30-11-9-29(10-12-30)25-44(37-22-33(19-20-42-37)34-23-43-46(26-34)40(3,4)5)38(47)31-13-16-35(17-14-31)50-39(48)45-24-28(2)41(45,6)7/h15,18-23,26,28-31,35H,9-14,16-17,24-25H2,1-8H3. The molecular weight excluding hydrogens is 626 g/mol. The van der Waals surface area contributed by atoms with E-state index in [1.807, 2.05) is 32.9 Å². The van der Waals surface area contributed by atoms with Crippen LogP contribution >= 0.6 is 0 Å². The number of hydrogen-bond donors (Lipinski definition) is 0. The molecule has 2 aliphatic carbocycles. The minimum absolute atomic E-state index is 0.127. The Morgan fingerprint density at radius 3 is 2.30 bits per heavy atom. The van der Waals surface area contributed by atoms with E-state index in [1.165, 1.54) is 11.1 Å². The summed E-state index contributed by atoms with van der Waals surface area (Å²) in [6, 6.07) is 10.6. The summed E-state index contributed by atoms with van der Waals surface area (Å²) in [5, 5.41) is 4.62. The Kier molecular flexibility index (Phi) is 10.3. The molecule has 9 nitrogen and oxygen atoms in total. The van der Waals surface area contributed by atoms with Crippen molar-refractivity contribution in [3.63, 3.8) is 0 Å². The molecule has 3 fully saturated rings. The molecule has 2 saturated carbocycles. The number of anilines is 1. The van der Waals surface area contributed by atoms with Crippen LogP contribution in [0.4, 0.5) is 10.6 Å². The highest BCUT2D eigenvalue weighted by molar-refractivity contribution is 5.94. The first-order valence-electron chi connectivity index (χ1n) is 18.7. The molecule has 3 aliphatic rings. The molecule has 1 atom stereocenters. The highest BCUT2D eigenvalue weighted by Crippen LogP contribution is 2.40. The number of rotatable bonds is 8. The molecule has 1 aliphatic heterocycles. The molecule has 2 aromatic heterocycles. The molecular formula is C41H57N5O4. The van der Waals surface area contributed by atoms with E-state index in [4.69, 9.17) is 14.5 Å². The van der Waals surface area contributed by atoms with Gasteiger partial charge in [-0.25, -0.2) is 9.78 Å². The molecule has 6 rings (SSSR count). The SMILES string of the molecule is COc1ccc(C2CCC(CN(C(=O)C3CCC(OC(=O)N4CC(C)C4(C)C)CC3)c3cc(-c4cnn(C(C)(C)C)c4)ccn3)CC2)cc1C. The molecule has 0 spiro atoms. The molecule has 1 saturated heterocycles. The first-order chi connectivity index (χ1) is 23.7. The molecule has 9 heteroatoms. The van der Waals surface area contributed by atoms with E-state index in [0.29, 0.717) is 55.8 Å². The zero-order valence-electron chi connectivity index (χ0n) is 31.4. The van der Waals surface area contributed by atoms with E-state index in [-0.39, 0.29) is 35.1 Å². The lowest BCUT2D eigenvalue weighted by Crippen LogP contribution is -2.65. The summed E-state index contributed by atoms with van der Waals surface area (Å²) in [4.78, 5) is 36.1. The fraction of sp³-hybridized carbons (Fsp3) is 0.610. The van der Waals surface area contributed by atoms with Gasteiger partial charge in [-0.15, -0.1) is 0 Å². The smallest absolute Gasteiger partial charge is 0.410 e. The number of pyridine rings is 1. The molecule has 3 aromatic rings. The lowest BCUT2D eigenvalue weighted by Gasteiger charge is -2.53. The zero-order chi connectivity index (χ0) is 35.8. The number of benzene rings is 1. The maximum Gasteiger partial charge on any atom is 0.410 e. The van der Waals surface area contributed by atoms with Gasteiger partial charge in [0, 0.05) is 42.5 Å². The summed E-state index contributed by atoms with van der Waals surface area (Å²) in [5.74, 6) is 3.00. The number of hydrogen-bond acceptors (Lipinski definition) is 6. The topological polar surface area (TPSA) is 89.8 Å². The van der Waals surface area contributed by atoms with Gasteiger partial charge in [0.05, 0.1) is 18.8 Å². The van der Waals surface area contributed by atoms with Gasteiger partial charge in [-0.1, -0.05) is 19.1 Å². The van der Waals surface area contributed by atoms with E-state index in [1.54, 1.807) is 7.11 Å². The predicted molar refractivity (Wildman–Crippen MR) is 197 cm³/mol. The van der Waals surface area contributed by atoms with Crippen molar-refractivity contribution in [2.75, 3.05) is 25.1 Å². The van der Waals surface area contributed by atoms with Gasteiger partial charge in [-0.05, 0) is 146 Å². The Morgan fingerprint density at radius 1 is 0.980 bits per heavy atom. The van der Waals surface area contributed by atoms with E-state index >= 15 is 0 Å². The van der Waals surface area contributed by atoms with E-state index in [2.05, 4.69) is 84.0 Å². The van der Waals surface area contributed by atoms with Crippen LogP contribution in [0.25, 0.3) is 11.1 Å². The van der Waals surface area contributed by atoms with Gasteiger partial charge >= 0.3 is 6.09 Å². The van der Waals surface area contributed by atoms with E-state index in [9.17, 15) is 9.59 Å². The van der Waals surface area contributed by atoms with Crippen molar-refractivity contribution in [2.45, 2.75) is 123 Å². The zero-order valence-corrected chi connectivity index (χ0v) is 31.4. The summed E-state index contributed by atoms with van der Waals surface area (Å²) in [5.41, 5.74) is 4.26. The number of amides is 2. The highest BCUT2D eigenvalue weighted by atomic mass is 16.6. The molecule has 0 N–H and O–H groups in total. The normalized spacial score (nSPS) is 25.0. The Labute approximate surface area is 298 Å². The fourth-order valence-corrected chi connectivity index (χ4v) is 8.02. The Morgan fingerprint density at radius 2 is 1.70 bits per heavy atom. The van der Waals surface area contributed by atoms with Crippen LogP contribution in [-0.2, 0) is 15.1 Å². The van der Waals surface area contributed by atoms with Gasteiger partial charge in [0.25, 0.3) is 0 Å². The van der Waals surface area contributed by atoms with Crippen LogP contribution in [0.5, 0.6) is 5.75 Å². The van der Waals surface area contributed by atoms with Gasteiger partial charge in [0.15, 0.2) is 0 Å². The van der Waals surface area contributed by atoms with Crippen LogP contribution < -0.4 is 9.64 Å². The molecule has 1 aromatic carbocycles. The molecule has 0 radical (unpaired) electrons. The molecule has 2 amide bonds. The number of ether oxygens (including phenoxy) is 2. The highest BCUT2D eigenvalue weighted by Gasteiger charge is 2.47. The second-order valence-corrected chi connectivity index (χ2v) is 16.7. The van der Waals surface area contributed by atoms with Crippen LogP contribution in [0.1, 0.15) is 110 Å². The molecule has 0 bridgehead atoms. The predicted octanol–water partition coefficient (Wildman–Crippen LogP) is 8.75. The Balaban J connectivity index is 1.16. The number of aromatic nitrogens is 3. The average molecular weight is 684 g/mol. The first kappa shape index (κ1) is 35.9. The van der Waals surface area contributed by atoms with Crippen LogP contribution in [-0.4, -0.2) is 63.5 Å². The number of aryl methyl sites for hydroxylation is 1. The molecule has 3 heterocycles. The number of likely N-dealkylation sites (tertiary alicyclic amines) is 1. The van der Waals surface area contributed by atoms with Gasteiger partial charge in [0.2, 0.25) is 5.91 Å². The Bertz CT molecular complexity index is 1660. The molecule has 50 heavy (non-hydrogen) atoms. The summed E-state index contributed by atoms with van der Waals surface area (Å²) < 4.78 is 13.4. The number of carbonyl (C=O) groups is 2. The lowest BCUT2D eigenvalue weighted by molar-refractivity contribution is -0.124. The fourth-order valence-electron chi connectivity index (χ4n) is 8.02. The Hall–Kier alpha value is -3.88. The second-order valence-electron chi connectivity index (χ2n) is 16.7. The summed E-state index contributed by atoms with van der Waals surface area (Å²) in [7, 11) is 1.72. The van der Waals surface area contributed by atoms with E-state index in [0.717, 1.165) is 49.1 Å². The average Bonchev–Trinajstić information content (AvgIpc) is 3.62. The third-order valence-electron chi connectivity index (χ3n) is 11.9. The van der Waals surface area contributed by atoms with Crippen molar-refractivity contribution < 1.29 is 19.1 Å². The van der Waals surface area contributed by atoms with Crippen molar-refractivity contribution in [3.8, 4) is 16.9 Å². The number of carbonyl (C=O) groups excluding carboxylic acids is 2. The molecule has 270 valence electrons. The lowest BCUT2D eigenvalue weighted by atomic mass is 9.78. The van der Waals surface area contributed by atoms with Crippen molar-refractivity contribution in [2.24, 2.45) is 17.8 Å². The van der Waals surface area contributed by atoms with Crippen molar-refractivity contribution in [1.82, 2.24) is 19.7 Å². The summed E-state index contributed by atoms with van der Waals surface area (Å²) >= 11 is 0. The monoisotopic (exact) mass is 683 g/mol. The van der Waals surface area contributed by atoms with Crippen molar-refractivity contribution in [3.05, 3.63) is 60.0 Å². The largest absolute Gasteiger partial charge is 0.496 e. The summed E-state index contributed by atoms with van der Waals surface area (Å²) in [6.07, 6.45) is 12.5. The minimum Gasteiger partial charge on any atom is -0.496 e. The number of nitrogens with zero attached hydrogens (tertiary/aromatic N) is 5. The maximum absolute atomic E-state index is 14.5. The van der Waals surface area contributed by atoms with Crippen LogP contribution in [0.3, 0.4) is 0 Å². The van der Waals surface area contributed by atoms with Gasteiger partial charge in [-0.2, -0.15) is 5.10 Å². The second kappa shape index (κ2) is 14.4. The van der Waals surface area contributed by atoms with Crippen molar-refractivity contribution in [1.29, 1.82) is 0 Å². The van der Waals surface area contributed by atoms with Gasteiger partial charge in [0.1, 0.15) is 17.7 Å². The maximum atomic E-state index is 14.5. The van der Waals surface area contributed by atoms with Gasteiger partial charge in [-0.3, -0.25) is 14.4 Å². The third-order valence-corrected chi connectivity index (χ3v) is 11.9. The first-order valence-corrected chi connectivity index (χ1v) is 18.7. The third kappa shape index (κ3) is 7.57. The van der Waals surface area contributed by atoms with Crippen LogP contribution in [0, 0.1) is 24.7 Å². The molecule has 1 unspecified atom stereocenters.